The Kier molecular flexibility index (Phi) is 11.8. The molecule has 4 rings (SSSR count). The molecule has 2 amide bonds. The lowest BCUT2D eigenvalue weighted by Crippen LogP contribution is -2.38. The van der Waals surface area contributed by atoms with Crippen molar-refractivity contribution in [3.8, 4) is 5.75 Å². The molecule has 0 radical (unpaired) electrons. The molecule has 0 bridgehead atoms. The molecule has 1 aromatic heterocycles. The Morgan fingerprint density at radius 1 is 1.02 bits per heavy atom. The summed E-state index contributed by atoms with van der Waals surface area (Å²) in [4.78, 5) is 35.7. The Morgan fingerprint density at radius 2 is 1.69 bits per heavy atom. The van der Waals surface area contributed by atoms with E-state index in [4.69, 9.17) is 23.9 Å². The number of carbonyl (C=O) groups is 3. The van der Waals surface area contributed by atoms with Gasteiger partial charge in [-0.1, -0.05) is 17.3 Å². The van der Waals surface area contributed by atoms with Gasteiger partial charge in [-0.2, -0.15) is 13.2 Å². The van der Waals surface area contributed by atoms with Crippen LogP contribution in [0.15, 0.2) is 59.1 Å². The molecule has 2 heterocycles. The number of nitrogens with one attached hydrogen (secondary N) is 2. The van der Waals surface area contributed by atoms with Crippen molar-refractivity contribution in [1.29, 1.82) is 0 Å². The molecule has 2 aromatic carbocycles. The van der Waals surface area contributed by atoms with Crippen LogP contribution in [0, 0.1) is 5.82 Å². The lowest BCUT2D eigenvalue weighted by atomic mass is 10.2. The number of hydrogen-bond donors (Lipinski definition) is 3. The van der Waals surface area contributed by atoms with Crippen LogP contribution in [0.5, 0.6) is 5.75 Å². The van der Waals surface area contributed by atoms with Crippen LogP contribution in [0.4, 0.5) is 23.2 Å². The van der Waals surface area contributed by atoms with E-state index in [0.29, 0.717) is 23.7 Å². The number of aromatic nitrogens is 1. The highest BCUT2D eigenvalue weighted by Crippen LogP contribution is 2.19. The molecular formula is C27H28F4N4O7. The second kappa shape index (κ2) is 15.5. The standard InChI is InChI=1S/C25H27FN4O5.C2HF3O2/c26-22-5-2-1-4-21(22)24(31)28-18-6-8-19(9-7-18)34-17-20-16-23(29-35-20)25(32)27-10-3-11-30-12-14-33-15-13-30;3-2(4,5)1(6)7/h1-2,4-9,16H,3,10-15,17H2,(H,27,32)(H,28,31);(H,6,7). The number of rotatable bonds is 10. The van der Waals surface area contributed by atoms with E-state index in [1.54, 1.807) is 36.4 Å². The molecule has 1 aliphatic rings. The number of amides is 2. The maximum Gasteiger partial charge on any atom is 0.490 e. The van der Waals surface area contributed by atoms with Crippen LogP contribution < -0.4 is 15.4 Å². The van der Waals surface area contributed by atoms with Crippen molar-refractivity contribution in [2.75, 3.05) is 44.7 Å². The van der Waals surface area contributed by atoms with Crippen LogP contribution in [0.25, 0.3) is 0 Å². The number of carbonyl (C=O) groups excluding carboxylic acids is 2. The van der Waals surface area contributed by atoms with Gasteiger partial charge >= 0.3 is 12.1 Å². The van der Waals surface area contributed by atoms with E-state index in [1.165, 1.54) is 18.2 Å². The van der Waals surface area contributed by atoms with Gasteiger partial charge in [0.05, 0.1) is 18.8 Å². The van der Waals surface area contributed by atoms with Gasteiger partial charge in [0, 0.05) is 31.4 Å². The van der Waals surface area contributed by atoms with Gasteiger partial charge in [-0.25, -0.2) is 9.18 Å². The summed E-state index contributed by atoms with van der Waals surface area (Å²) in [7, 11) is 0. The van der Waals surface area contributed by atoms with Crippen molar-refractivity contribution in [2.24, 2.45) is 0 Å². The summed E-state index contributed by atoms with van der Waals surface area (Å²) in [5, 5.41) is 16.4. The maximum absolute atomic E-state index is 13.7. The maximum atomic E-state index is 13.7. The molecule has 42 heavy (non-hydrogen) atoms. The molecule has 1 saturated heterocycles. The first-order valence-corrected chi connectivity index (χ1v) is 12.7. The zero-order valence-electron chi connectivity index (χ0n) is 22.2. The Bertz CT molecular complexity index is 1330. The number of ether oxygens (including phenoxy) is 2. The van der Waals surface area contributed by atoms with Crippen molar-refractivity contribution in [2.45, 2.75) is 19.2 Å². The van der Waals surface area contributed by atoms with Crippen molar-refractivity contribution >= 4 is 23.5 Å². The molecule has 0 spiro atoms. The predicted molar refractivity (Wildman–Crippen MR) is 140 cm³/mol. The Labute approximate surface area is 237 Å². The van der Waals surface area contributed by atoms with Crippen LogP contribution in [-0.4, -0.2) is 78.5 Å². The third-order valence-corrected chi connectivity index (χ3v) is 5.69. The quantitative estimate of drug-likeness (QED) is 0.236. The predicted octanol–water partition coefficient (Wildman–Crippen LogP) is 3.73. The minimum Gasteiger partial charge on any atom is -0.486 e. The van der Waals surface area contributed by atoms with E-state index in [0.717, 1.165) is 39.3 Å². The number of aliphatic carboxylic acids is 1. The minimum atomic E-state index is -5.08. The number of alkyl halides is 3. The fourth-order valence-corrected chi connectivity index (χ4v) is 3.54. The number of anilines is 1. The van der Waals surface area contributed by atoms with Crippen LogP contribution >= 0.6 is 0 Å². The zero-order valence-corrected chi connectivity index (χ0v) is 22.2. The normalized spacial score (nSPS) is 13.4. The average Bonchev–Trinajstić information content (AvgIpc) is 3.45. The zero-order chi connectivity index (χ0) is 30.5. The summed E-state index contributed by atoms with van der Waals surface area (Å²) in [5.74, 6) is -3.24. The van der Waals surface area contributed by atoms with Gasteiger partial charge in [0.1, 0.15) is 18.2 Å². The fraction of sp³-hybridized carbons (Fsp3) is 0.333. The molecule has 226 valence electrons. The molecule has 3 aromatic rings. The van der Waals surface area contributed by atoms with Gasteiger partial charge in [0.15, 0.2) is 11.5 Å². The van der Waals surface area contributed by atoms with Gasteiger partial charge in [-0.3, -0.25) is 14.5 Å². The van der Waals surface area contributed by atoms with Gasteiger partial charge in [-0.15, -0.1) is 0 Å². The lowest BCUT2D eigenvalue weighted by Gasteiger charge is -2.26. The van der Waals surface area contributed by atoms with E-state index in [2.05, 4.69) is 20.7 Å². The number of halogens is 4. The van der Waals surface area contributed by atoms with Crippen LogP contribution in [0.2, 0.25) is 0 Å². The molecule has 11 nitrogen and oxygen atoms in total. The highest BCUT2D eigenvalue weighted by Gasteiger charge is 2.38. The summed E-state index contributed by atoms with van der Waals surface area (Å²) in [6.07, 6.45) is -4.24. The largest absolute Gasteiger partial charge is 0.490 e. The summed E-state index contributed by atoms with van der Waals surface area (Å²) in [6, 6.07) is 13.9. The van der Waals surface area contributed by atoms with E-state index >= 15 is 0 Å². The smallest absolute Gasteiger partial charge is 0.486 e. The second-order valence-corrected chi connectivity index (χ2v) is 8.79. The van der Waals surface area contributed by atoms with E-state index < -0.39 is 23.9 Å². The monoisotopic (exact) mass is 596 g/mol. The molecular weight excluding hydrogens is 568 g/mol. The fourth-order valence-electron chi connectivity index (χ4n) is 3.54. The summed E-state index contributed by atoms with van der Waals surface area (Å²) in [6.45, 7) is 4.90. The van der Waals surface area contributed by atoms with Crippen LogP contribution in [0.1, 0.15) is 33.0 Å². The Hall–Kier alpha value is -4.50. The third kappa shape index (κ3) is 10.5. The molecule has 0 unspecified atom stereocenters. The number of carboxylic acid groups (broad SMARTS) is 1. The Morgan fingerprint density at radius 3 is 2.33 bits per heavy atom. The Balaban J connectivity index is 0.000000616. The van der Waals surface area contributed by atoms with E-state index in [-0.39, 0.29) is 23.8 Å². The van der Waals surface area contributed by atoms with Crippen LogP contribution in [0.3, 0.4) is 0 Å². The average molecular weight is 597 g/mol. The third-order valence-electron chi connectivity index (χ3n) is 5.69. The van der Waals surface area contributed by atoms with E-state index in [9.17, 15) is 27.2 Å². The molecule has 15 heteroatoms. The van der Waals surface area contributed by atoms with Gasteiger partial charge < -0.3 is 29.7 Å². The van der Waals surface area contributed by atoms with Crippen molar-refractivity contribution in [3.05, 3.63) is 77.4 Å². The van der Waals surface area contributed by atoms with Gasteiger partial charge in [-0.05, 0) is 49.4 Å². The number of benzene rings is 2. The minimum absolute atomic E-state index is 0.0323. The van der Waals surface area contributed by atoms with E-state index in [1.807, 2.05) is 0 Å². The van der Waals surface area contributed by atoms with Gasteiger partial charge in [0.2, 0.25) is 0 Å². The van der Waals surface area contributed by atoms with Gasteiger partial charge in [0.25, 0.3) is 11.8 Å². The molecule has 0 aliphatic carbocycles. The topological polar surface area (TPSA) is 143 Å². The highest BCUT2D eigenvalue weighted by molar-refractivity contribution is 6.04. The molecule has 0 saturated carbocycles. The highest BCUT2D eigenvalue weighted by atomic mass is 19.4. The van der Waals surface area contributed by atoms with Crippen molar-refractivity contribution < 1.29 is 51.0 Å². The lowest BCUT2D eigenvalue weighted by molar-refractivity contribution is -0.192. The first kappa shape index (κ1) is 32.0. The summed E-state index contributed by atoms with van der Waals surface area (Å²) >= 11 is 0. The number of morpholine rings is 1. The molecule has 3 N–H and O–H groups in total. The summed E-state index contributed by atoms with van der Waals surface area (Å²) in [5.41, 5.74) is 0.661. The number of nitrogens with zero attached hydrogens (tertiary/aromatic N) is 2. The number of carboxylic acids is 1. The van der Waals surface area contributed by atoms with Crippen molar-refractivity contribution in [3.63, 3.8) is 0 Å². The first-order chi connectivity index (χ1) is 20.0. The van der Waals surface area contributed by atoms with Crippen LogP contribution in [-0.2, 0) is 16.1 Å². The molecule has 1 fully saturated rings. The SMILES string of the molecule is O=C(NCCCN1CCOCC1)c1cc(COc2ccc(NC(=O)c3ccccc3F)cc2)on1.O=C(O)C(F)(F)F. The first-order valence-electron chi connectivity index (χ1n) is 12.7. The summed E-state index contributed by atoms with van der Waals surface area (Å²) < 4.78 is 61.7. The molecule has 0 atom stereocenters. The molecule has 1 aliphatic heterocycles. The van der Waals surface area contributed by atoms with Crippen molar-refractivity contribution in [1.82, 2.24) is 15.4 Å². The number of hydrogen-bond acceptors (Lipinski definition) is 8. The second-order valence-electron chi connectivity index (χ2n) is 8.79.